The number of hydrazine groups is 1. The first-order chi connectivity index (χ1) is 5.77. The van der Waals surface area contributed by atoms with Crippen molar-refractivity contribution in [2.75, 3.05) is 33.7 Å². The molecule has 12 heavy (non-hydrogen) atoms. The molecule has 0 amide bonds. The Hall–Kier alpha value is -0.630. The summed E-state index contributed by atoms with van der Waals surface area (Å²) < 4.78 is 0. The van der Waals surface area contributed by atoms with Crippen molar-refractivity contribution in [3.8, 4) is 6.07 Å². The molecule has 1 aliphatic heterocycles. The molecule has 0 aromatic carbocycles. The van der Waals surface area contributed by atoms with Gasteiger partial charge in [-0.3, -0.25) is 5.43 Å². The summed E-state index contributed by atoms with van der Waals surface area (Å²) in [6.45, 7) is 3.05. The van der Waals surface area contributed by atoms with Gasteiger partial charge >= 0.3 is 0 Å². The zero-order valence-corrected chi connectivity index (χ0v) is 7.75. The van der Waals surface area contributed by atoms with Crippen LogP contribution < -0.4 is 5.43 Å². The van der Waals surface area contributed by atoms with Gasteiger partial charge < -0.3 is 4.90 Å². The zero-order chi connectivity index (χ0) is 8.97. The standard InChI is InChI=1S/C8H16N4/c1-10-12-6-5-11(2)7-8(12)3-4-9/h8,10H,3,5-7H2,1-2H3. The summed E-state index contributed by atoms with van der Waals surface area (Å²) in [4.78, 5) is 2.26. The van der Waals surface area contributed by atoms with Gasteiger partial charge in [0.2, 0.25) is 0 Å². The Bertz CT molecular complexity index is 174. The highest BCUT2D eigenvalue weighted by atomic mass is 15.5. The Morgan fingerprint density at radius 3 is 2.92 bits per heavy atom. The van der Waals surface area contributed by atoms with Crippen LogP contribution in [0.2, 0.25) is 0 Å². The molecule has 1 aliphatic rings. The van der Waals surface area contributed by atoms with Crippen LogP contribution in [0, 0.1) is 11.3 Å². The molecule has 0 spiro atoms. The second-order valence-electron chi connectivity index (χ2n) is 3.20. The van der Waals surface area contributed by atoms with Crippen LogP contribution in [-0.4, -0.2) is 49.7 Å². The minimum atomic E-state index is 0.346. The Kier molecular flexibility index (Phi) is 3.48. The molecular formula is C8H16N4. The number of nitrogens with one attached hydrogen (secondary N) is 1. The van der Waals surface area contributed by atoms with Gasteiger partial charge in [0.05, 0.1) is 18.5 Å². The highest BCUT2D eigenvalue weighted by molar-refractivity contribution is 4.86. The first-order valence-corrected chi connectivity index (χ1v) is 4.27. The van der Waals surface area contributed by atoms with Gasteiger partial charge in [0.15, 0.2) is 0 Å². The summed E-state index contributed by atoms with van der Waals surface area (Å²) in [6.07, 6.45) is 0.602. The molecule has 1 atom stereocenters. The summed E-state index contributed by atoms with van der Waals surface area (Å²) in [5.41, 5.74) is 3.11. The molecule has 1 rings (SSSR count). The predicted molar refractivity (Wildman–Crippen MR) is 47.3 cm³/mol. The third kappa shape index (κ3) is 2.18. The lowest BCUT2D eigenvalue weighted by Crippen LogP contribution is -2.55. The van der Waals surface area contributed by atoms with E-state index in [1.54, 1.807) is 0 Å². The van der Waals surface area contributed by atoms with E-state index in [0.717, 1.165) is 19.6 Å². The molecule has 1 N–H and O–H groups in total. The third-order valence-corrected chi connectivity index (χ3v) is 2.30. The van der Waals surface area contributed by atoms with E-state index in [1.165, 1.54) is 0 Å². The van der Waals surface area contributed by atoms with Crippen molar-refractivity contribution < 1.29 is 0 Å². The fourth-order valence-electron chi connectivity index (χ4n) is 1.59. The predicted octanol–water partition coefficient (Wildman–Crippen LogP) is -0.350. The summed E-state index contributed by atoms with van der Waals surface area (Å²) >= 11 is 0. The van der Waals surface area contributed by atoms with Gasteiger partial charge in [-0.2, -0.15) is 5.26 Å². The summed E-state index contributed by atoms with van der Waals surface area (Å²) in [5, 5.41) is 10.7. The van der Waals surface area contributed by atoms with E-state index < -0.39 is 0 Å². The van der Waals surface area contributed by atoms with E-state index in [0.29, 0.717) is 12.5 Å². The molecule has 0 saturated carbocycles. The molecule has 1 heterocycles. The number of nitriles is 1. The van der Waals surface area contributed by atoms with Gasteiger partial charge in [-0.25, -0.2) is 5.01 Å². The molecule has 0 aromatic rings. The summed E-state index contributed by atoms with van der Waals surface area (Å²) in [7, 11) is 4.01. The van der Waals surface area contributed by atoms with Crippen LogP contribution in [0.4, 0.5) is 0 Å². The average molecular weight is 168 g/mol. The van der Waals surface area contributed by atoms with E-state index in [4.69, 9.17) is 5.26 Å². The van der Waals surface area contributed by atoms with E-state index in [2.05, 4.69) is 28.5 Å². The SMILES string of the molecule is CNN1CCN(C)CC1CC#N. The quantitative estimate of drug-likeness (QED) is 0.612. The minimum absolute atomic E-state index is 0.346. The largest absolute Gasteiger partial charge is 0.303 e. The monoisotopic (exact) mass is 168 g/mol. The summed E-state index contributed by atoms with van der Waals surface area (Å²) in [6, 6.07) is 2.56. The fourth-order valence-corrected chi connectivity index (χ4v) is 1.59. The van der Waals surface area contributed by atoms with E-state index in [1.807, 2.05) is 7.05 Å². The lowest BCUT2D eigenvalue weighted by atomic mass is 10.1. The maximum atomic E-state index is 8.60. The average Bonchev–Trinajstić information content (AvgIpc) is 2.05. The van der Waals surface area contributed by atoms with E-state index in [9.17, 15) is 0 Å². The lowest BCUT2D eigenvalue weighted by Gasteiger charge is -2.38. The van der Waals surface area contributed by atoms with Crippen LogP contribution >= 0.6 is 0 Å². The molecule has 68 valence electrons. The van der Waals surface area contributed by atoms with Crippen LogP contribution in [0.3, 0.4) is 0 Å². The minimum Gasteiger partial charge on any atom is -0.303 e. The molecule has 0 bridgehead atoms. The van der Waals surface area contributed by atoms with Crippen LogP contribution in [-0.2, 0) is 0 Å². The van der Waals surface area contributed by atoms with Crippen LogP contribution in [0.1, 0.15) is 6.42 Å². The van der Waals surface area contributed by atoms with Crippen molar-refractivity contribution in [2.45, 2.75) is 12.5 Å². The van der Waals surface area contributed by atoms with E-state index >= 15 is 0 Å². The molecule has 0 radical (unpaired) electrons. The zero-order valence-electron chi connectivity index (χ0n) is 7.75. The Morgan fingerprint density at radius 2 is 2.33 bits per heavy atom. The van der Waals surface area contributed by atoms with Crippen molar-refractivity contribution >= 4 is 0 Å². The van der Waals surface area contributed by atoms with Gasteiger partial charge in [-0.15, -0.1) is 0 Å². The van der Waals surface area contributed by atoms with Gasteiger partial charge in [0, 0.05) is 19.6 Å². The van der Waals surface area contributed by atoms with Crippen LogP contribution in [0.5, 0.6) is 0 Å². The highest BCUT2D eigenvalue weighted by Gasteiger charge is 2.23. The van der Waals surface area contributed by atoms with Crippen LogP contribution in [0.15, 0.2) is 0 Å². The number of nitrogens with zero attached hydrogens (tertiary/aromatic N) is 3. The first kappa shape index (κ1) is 9.46. The van der Waals surface area contributed by atoms with Crippen molar-refractivity contribution in [2.24, 2.45) is 0 Å². The topological polar surface area (TPSA) is 42.3 Å². The molecule has 1 fully saturated rings. The third-order valence-electron chi connectivity index (χ3n) is 2.30. The maximum Gasteiger partial charge on any atom is 0.0639 e. The van der Waals surface area contributed by atoms with Crippen molar-refractivity contribution in [1.82, 2.24) is 15.3 Å². The van der Waals surface area contributed by atoms with Gasteiger partial charge in [-0.1, -0.05) is 0 Å². The van der Waals surface area contributed by atoms with Gasteiger partial charge in [-0.05, 0) is 14.1 Å². The van der Waals surface area contributed by atoms with Gasteiger partial charge in [0.1, 0.15) is 0 Å². The number of likely N-dealkylation sites (N-methyl/N-ethyl adjacent to an activating group) is 1. The second-order valence-corrected chi connectivity index (χ2v) is 3.20. The number of hydrogen-bond acceptors (Lipinski definition) is 4. The van der Waals surface area contributed by atoms with Crippen LogP contribution in [0.25, 0.3) is 0 Å². The molecule has 0 aliphatic carbocycles. The lowest BCUT2D eigenvalue weighted by molar-refractivity contribution is 0.0560. The smallest absolute Gasteiger partial charge is 0.0639 e. The molecule has 4 nitrogen and oxygen atoms in total. The first-order valence-electron chi connectivity index (χ1n) is 4.27. The number of piperazine rings is 1. The van der Waals surface area contributed by atoms with Crippen molar-refractivity contribution in [3.63, 3.8) is 0 Å². The Balaban J connectivity index is 2.47. The van der Waals surface area contributed by atoms with Crippen molar-refractivity contribution in [3.05, 3.63) is 0 Å². The molecule has 1 unspecified atom stereocenters. The van der Waals surface area contributed by atoms with Gasteiger partial charge in [0.25, 0.3) is 0 Å². The number of rotatable bonds is 2. The maximum absolute atomic E-state index is 8.60. The highest BCUT2D eigenvalue weighted by Crippen LogP contribution is 2.07. The Labute approximate surface area is 73.7 Å². The Morgan fingerprint density at radius 1 is 1.58 bits per heavy atom. The second kappa shape index (κ2) is 4.41. The number of hydrogen-bond donors (Lipinski definition) is 1. The molecule has 0 aromatic heterocycles. The normalized spacial score (nSPS) is 26.9. The van der Waals surface area contributed by atoms with Crippen molar-refractivity contribution in [1.29, 1.82) is 5.26 Å². The molecule has 1 saturated heterocycles. The fraction of sp³-hybridized carbons (Fsp3) is 0.875. The van der Waals surface area contributed by atoms with E-state index in [-0.39, 0.29) is 0 Å². The molecular weight excluding hydrogens is 152 g/mol. The summed E-state index contributed by atoms with van der Waals surface area (Å²) in [5.74, 6) is 0. The molecule has 4 heteroatoms.